The van der Waals surface area contributed by atoms with Crippen molar-refractivity contribution < 1.29 is 19.1 Å². The van der Waals surface area contributed by atoms with E-state index in [1.807, 2.05) is 6.07 Å². The number of ether oxygens (including phenoxy) is 1. The van der Waals surface area contributed by atoms with Gasteiger partial charge >= 0.3 is 0 Å². The molecule has 0 atom stereocenters. The Morgan fingerprint density at radius 3 is 2.28 bits per heavy atom. The van der Waals surface area contributed by atoms with Crippen molar-refractivity contribution in [2.45, 2.75) is 0 Å². The summed E-state index contributed by atoms with van der Waals surface area (Å²) < 4.78 is 5.25. The predicted octanol–water partition coefficient (Wildman–Crippen LogP) is 1.96. The topological polar surface area (TPSA) is 66.9 Å². The van der Waals surface area contributed by atoms with Crippen LogP contribution in [0.3, 0.4) is 0 Å². The van der Waals surface area contributed by atoms with Gasteiger partial charge in [0.15, 0.2) is 0 Å². The summed E-state index contributed by atoms with van der Waals surface area (Å²) in [4.78, 5) is 40.7. The average molecular weight is 336 g/mol. The first-order valence-corrected chi connectivity index (χ1v) is 8.12. The molecule has 25 heavy (non-hydrogen) atoms. The summed E-state index contributed by atoms with van der Waals surface area (Å²) in [6, 6.07) is 13.5. The second-order valence-corrected chi connectivity index (χ2v) is 5.95. The van der Waals surface area contributed by atoms with Crippen molar-refractivity contribution in [1.82, 2.24) is 4.90 Å². The van der Waals surface area contributed by atoms with Crippen molar-refractivity contribution in [3.8, 4) is 0 Å². The van der Waals surface area contributed by atoms with Crippen LogP contribution in [-0.2, 0) is 4.74 Å². The van der Waals surface area contributed by atoms with Gasteiger partial charge in [0.25, 0.3) is 17.7 Å². The summed E-state index contributed by atoms with van der Waals surface area (Å²) >= 11 is 0. The third-order valence-electron chi connectivity index (χ3n) is 4.45. The molecule has 6 nitrogen and oxygen atoms in total. The van der Waals surface area contributed by atoms with Crippen LogP contribution in [0.15, 0.2) is 48.5 Å². The van der Waals surface area contributed by atoms with Gasteiger partial charge in [0.2, 0.25) is 0 Å². The Bertz CT molecular complexity index is 857. The van der Waals surface area contributed by atoms with E-state index in [-0.39, 0.29) is 17.4 Å². The maximum atomic E-state index is 12.7. The number of hydrogen-bond acceptors (Lipinski definition) is 4. The van der Waals surface area contributed by atoms with Gasteiger partial charge in [-0.15, -0.1) is 0 Å². The molecule has 2 aliphatic heterocycles. The van der Waals surface area contributed by atoms with Crippen molar-refractivity contribution in [2.75, 3.05) is 31.2 Å². The smallest absolute Gasteiger partial charge is 0.266 e. The van der Waals surface area contributed by atoms with Crippen LogP contribution < -0.4 is 4.90 Å². The van der Waals surface area contributed by atoms with Crippen LogP contribution in [-0.4, -0.2) is 48.9 Å². The SMILES string of the molecule is O=C(c1ccc2c(c1)C(=O)N(c1ccccc1)C2=O)N1CCOCC1. The molecule has 6 heteroatoms. The Balaban J connectivity index is 1.66. The summed E-state index contributed by atoms with van der Waals surface area (Å²) in [5.74, 6) is -0.913. The summed E-state index contributed by atoms with van der Waals surface area (Å²) in [6.07, 6.45) is 0. The monoisotopic (exact) mass is 336 g/mol. The van der Waals surface area contributed by atoms with Crippen LogP contribution >= 0.6 is 0 Å². The minimum atomic E-state index is -0.400. The number of rotatable bonds is 2. The number of carbonyl (C=O) groups is 3. The maximum Gasteiger partial charge on any atom is 0.266 e. The van der Waals surface area contributed by atoms with Crippen molar-refractivity contribution in [2.24, 2.45) is 0 Å². The number of benzene rings is 2. The zero-order valence-corrected chi connectivity index (χ0v) is 13.5. The van der Waals surface area contributed by atoms with Gasteiger partial charge in [0, 0.05) is 18.7 Å². The van der Waals surface area contributed by atoms with Gasteiger partial charge in [-0.2, -0.15) is 0 Å². The molecule has 0 aliphatic carbocycles. The summed E-state index contributed by atoms with van der Waals surface area (Å²) in [6.45, 7) is 2.07. The molecule has 1 saturated heterocycles. The Labute approximate surface area is 144 Å². The Hall–Kier alpha value is -2.99. The quantitative estimate of drug-likeness (QED) is 0.786. The molecule has 0 spiro atoms. The summed E-state index contributed by atoms with van der Waals surface area (Å²) in [5.41, 5.74) is 1.53. The first kappa shape index (κ1) is 15.5. The van der Waals surface area contributed by atoms with Crippen LogP contribution in [0.25, 0.3) is 0 Å². The molecule has 0 radical (unpaired) electrons. The highest BCUT2D eigenvalue weighted by Gasteiger charge is 2.37. The lowest BCUT2D eigenvalue weighted by atomic mass is 10.0. The highest BCUT2D eigenvalue weighted by atomic mass is 16.5. The molecule has 0 bridgehead atoms. The fourth-order valence-electron chi connectivity index (χ4n) is 3.13. The fraction of sp³-hybridized carbons (Fsp3) is 0.211. The second-order valence-electron chi connectivity index (χ2n) is 5.95. The molecular weight excluding hydrogens is 320 g/mol. The van der Waals surface area contributed by atoms with Gasteiger partial charge in [-0.3, -0.25) is 14.4 Å². The second kappa shape index (κ2) is 6.14. The number of fused-ring (bicyclic) bond motifs is 1. The lowest BCUT2D eigenvalue weighted by molar-refractivity contribution is 0.0303. The highest BCUT2D eigenvalue weighted by molar-refractivity contribution is 6.34. The van der Waals surface area contributed by atoms with E-state index in [0.29, 0.717) is 43.1 Å². The van der Waals surface area contributed by atoms with Gasteiger partial charge in [0.1, 0.15) is 0 Å². The fourth-order valence-corrected chi connectivity index (χ4v) is 3.13. The van der Waals surface area contributed by atoms with E-state index in [1.165, 1.54) is 6.07 Å². The predicted molar refractivity (Wildman–Crippen MR) is 90.7 cm³/mol. The minimum absolute atomic E-state index is 0.149. The van der Waals surface area contributed by atoms with Crippen molar-refractivity contribution in [1.29, 1.82) is 0 Å². The Morgan fingerprint density at radius 1 is 0.880 bits per heavy atom. The molecule has 2 heterocycles. The first-order valence-electron chi connectivity index (χ1n) is 8.12. The van der Waals surface area contributed by atoms with Crippen LogP contribution in [0.2, 0.25) is 0 Å². The van der Waals surface area contributed by atoms with Gasteiger partial charge in [-0.05, 0) is 30.3 Å². The van der Waals surface area contributed by atoms with Crippen LogP contribution in [0.5, 0.6) is 0 Å². The van der Waals surface area contributed by atoms with E-state index in [2.05, 4.69) is 0 Å². The number of para-hydroxylation sites is 1. The molecule has 2 aromatic carbocycles. The molecule has 3 amide bonds. The van der Waals surface area contributed by atoms with E-state index >= 15 is 0 Å². The molecule has 2 aromatic rings. The zero-order valence-electron chi connectivity index (χ0n) is 13.5. The average Bonchev–Trinajstić information content (AvgIpc) is 2.92. The number of nitrogens with zero attached hydrogens (tertiary/aromatic N) is 2. The number of imide groups is 1. The molecular formula is C19H16N2O4. The molecule has 0 unspecified atom stereocenters. The molecule has 2 aliphatic rings. The van der Waals surface area contributed by atoms with Crippen molar-refractivity contribution in [3.63, 3.8) is 0 Å². The number of hydrogen-bond donors (Lipinski definition) is 0. The Morgan fingerprint density at radius 2 is 1.56 bits per heavy atom. The standard InChI is InChI=1S/C19H16N2O4/c22-17(20-8-10-25-11-9-20)13-6-7-15-16(12-13)19(24)21(18(15)23)14-4-2-1-3-5-14/h1-7,12H,8-11H2. The molecule has 4 rings (SSSR count). The van der Waals surface area contributed by atoms with Crippen molar-refractivity contribution in [3.05, 3.63) is 65.2 Å². The third-order valence-corrected chi connectivity index (χ3v) is 4.45. The maximum absolute atomic E-state index is 12.7. The summed E-state index contributed by atoms with van der Waals surface area (Å²) in [7, 11) is 0. The largest absolute Gasteiger partial charge is 0.378 e. The van der Waals surface area contributed by atoms with Crippen LogP contribution in [0, 0.1) is 0 Å². The van der Waals surface area contributed by atoms with Crippen molar-refractivity contribution >= 4 is 23.4 Å². The molecule has 0 N–H and O–H groups in total. The van der Waals surface area contributed by atoms with E-state index in [0.717, 1.165) is 4.90 Å². The van der Waals surface area contributed by atoms with E-state index in [4.69, 9.17) is 4.74 Å². The molecule has 126 valence electrons. The molecule has 0 aromatic heterocycles. The van der Waals surface area contributed by atoms with Gasteiger partial charge in [-0.25, -0.2) is 4.90 Å². The number of carbonyl (C=O) groups excluding carboxylic acids is 3. The Kier molecular flexibility index (Phi) is 3.82. The lowest BCUT2D eigenvalue weighted by Gasteiger charge is -2.26. The van der Waals surface area contributed by atoms with Crippen LogP contribution in [0.1, 0.15) is 31.1 Å². The normalized spacial score (nSPS) is 17.0. The number of morpholine rings is 1. The lowest BCUT2D eigenvalue weighted by Crippen LogP contribution is -2.40. The highest BCUT2D eigenvalue weighted by Crippen LogP contribution is 2.29. The summed E-state index contributed by atoms with van der Waals surface area (Å²) in [5, 5.41) is 0. The number of amides is 3. The van der Waals surface area contributed by atoms with E-state index in [9.17, 15) is 14.4 Å². The number of anilines is 1. The van der Waals surface area contributed by atoms with E-state index < -0.39 is 5.91 Å². The van der Waals surface area contributed by atoms with Gasteiger partial charge < -0.3 is 9.64 Å². The third kappa shape index (κ3) is 2.60. The molecule has 1 fully saturated rings. The zero-order chi connectivity index (χ0) is 17.4. The first-order chi connectivity index (χ1) is 12.2. The minimum Gasteiger partial charge on any atom is -0.378 e. The van der Waals surface area contributed by atoms with Gasteiger partial charge in [-0.1, -0.05) is 18.2 Å². The van der Waals surface area contributed by atoms with Gasteiger partial charge in [0.05, 0.1) is 30.0 Å². The van der Waals surface area contributed by atoms with Crippen LogP contribution in [0.4, 0.5) is 5.69 Å². The molecule has 0 saturated carbocycles. The van der Waals surface area contributed by atoms with E-state index in [1.54, 1.807) is 41.3 Å².